The molecule has 2 N–H and O–H groups in total. The van der Waals surface area contributed by atoms with Crippen LogP contribution in [0.2, 0.25) is 0 Å². The number of carbonyl (C=O) groups excluding carboxylic acids is 2. The summed E-state index contributed by atoms with van der Waals surface area (Å²) in [4.78, 5) is 39.7. The third kappa shape index (κ3) is 4.74. The highest BCUT2D eigenvalue weighted by molar-refractivity contribution is 5.96. The van der Waals surface area contributed by atoms with Crippen molar-refractivity contribution in [2.75, 3.05) is 13.2 Å². The van der Waals surface area contributed by atoms with E-state index in [1.54, 1.807) is 11.1 Å². The Bertz CT molecular complexity index is 974. The fraction of sp³-hybridized carbons (Fsp3) is 0.409. The Balaban J connectivity index is 2.08. The Hall–Kier alpha value is -2.93. The van der Waals surface area contributed by atoms with Crippen LogP contribution in [0.15, 0.2) is 41.3 Å². The fourth-order valence-electron chi connectivity index (χ4n) is 3.56. The van der Waals surface area contributed by atoms with Crippen molar-refractivity contribution in [2.45, 2.75) is 45.8 Å². The molecular formula is C22H27N3O4. The maximum absolute atomic E-state index is 13.2. The molecule has 1 aliphatic heterocycles. The van der Waals surface area contributed by atoms with Crippen LogP contribution in [0.1, 0.15) is 47.8 Å². The lowest BCUT2D eigenvalue weighted by atomic mass is 9.95. The Morgan fingerprint density at radius 2 is 1.86 bits per heavy atom. The highest BCUT2D eigenvalue weighted by atomic mass is 16.3. The summed E-state index contributed by atoms with van der Waals surface area (Å²) in [5, 5.41) is 12.1. The van der Waals surface area contributed by atoms with Crippen LogP contribution in [0.3, 0.4) is 0 Å². The number of benzene rings is 1. The molecule has 3 rings (SSSR count). The van der Waals surface area contributed by atoms with Gasteiger partial charge in [0.05, 0.1) is 6.54 Å². The summed E-state index contributed by atoms with van der Waals surface area (Å²) >= 11 is 0. The summed E-state index contributed by atoms with van der Waals surface area (Å²) in [6.45, 7) is 6.00. The van der Waals surface area contributed by atoms with Gasteiger partial charge in [-0.1, -0.05) is 30.3 Å². The lowest BCUT2D eigenvalue weighted by Gasteiger charge is -2.30. The molecular weight excluding hydrogens is 370 g/mol. The summed E-state index contributed by atoms with van der Waals surface area (Å²) in [5.41, 5.74) is 1.71. The van der Waals surface area contributed by atoms with Gasteiger partial charge in [0.1, 0.15) is 12.2 Å². The zero-order valence-electron chi connectivity index (χ0n) is 17.1. The first-order valence-electron chi connectivity index (χ1n) is 9.70. The SMILES string of the molecule is CC(C)(C)NC(=O)c1c2c(cn(Cc3ccccc3)c1=O)CN(C(=O)CO)CC2. The number of aliphatic hydroxyl groups excluding tert-OH is 1. The van der Waals surface area contributed by atoms with E-state index in [2.05, 4.69) is 5.32 Å². The van der Waals surface area contributed by atoms with Gasteiger partial charge in [-0.15, -0.1) is 0 Å². The molecule has 1 aromatic heterocycles. The maximum atomic E-state index is 13.2. The molecule has 0 aliphatic carbocycles. The highest BCUT2D eigenvalue weighted by Gasteiger charge is 2.29. The first kappa shape index (κ1) is 20.8. The quantitative estimate of drug-likeness (QED) is 0.814. The summed E-state index contributed by atoms with van der Waals surface area (Å²) in [5.74, 6) is -0.764. The van der Waals surface area contributed by atoms with Gasteiger partial charge in [-0.2, -0.15) is 0 Å². The van der Waals surface area contributed by atoms with Crippen LogP contribution in [0, 0.1) is 0 Å². The van der Waals surface area contributed by atoms with Crippen molar-refractivity contribution < 1.29 is 14.7 Å². The molecule has 29 heavy (non-hydrogen) atoms. The first-order valence-corrected chi connectivity index (χ1v) is 9.70. The number of carbonyl (C=O) groups is 2. The second-order valence-corrected chi connectivity index (χ2v) is 8.35. The standard InChI is InChI=1S/C22H27N3O4/c1-22(2,3)23-20(28)19-17-9-10-24(18(27)14-26)12-16(17)13-25(21(19)29)11-15-7-5-4-6-8-15/h4-8,13,26H,9-12,14H2,1-3H3,(H,23,28). The van der Waals surface area contributed by atoms with Gasteiger partial charge in [-0.25, -0.2) is 0 Å². The number of hydrogen-bond acceptors (Lipinski definition) is 4. The van der Waals surface area contributed by atoms with E-state index >= 15 is 0 Å². The van der Waals surface area contributed by atoms with E-state index in [1.165, 1.54) is 4.57 Å². The minimum atomic E-state index is -0.559. The lowest BCUT2D eigenvalue weighted by molar-refractivity contribution is -0.135. The monoisotopic (exact) mass is 397 g/mol. The van der Waals surface area contributed by atoms with Crippen molar-refractivity contribution in [3.8, 4) is 0 Å². The minimum Gasteiger partial charge on any atom is -0.387 e. The van der Waals surface area contributed by atoms with Crippen LogP contribution in [0.4, 0.5) is 0 Å². The Morgan fingerprint density at radius 1 is 1.17 bits per heavy atom. The number of aromatic nitrogens is 1. The van der Waals surface area contributed by atoms with E-state index in [-0.39, 0.29) is 23.6 Å². The summed E-state index contributed by atoms with van der Waals surface area (Å²) in [7, 11) is 0. The Morgan fingerprint density at radius 3 is 2.48 bits per heavy atom. The van der Waals surface area contributed by atoms with E-state index in [1.807, 2.05) is 51.1 Å². The molecule has 7 nitrogen and oxygen atoms in total. The summed E-state index contributed by atoms with van der Waals surface area (Å²) in [6, 6.07) is 9.53. The third-order valence-electron chi connectivity index (χ3n) is 4.87. The highest BCUT2D eigenvalue weighted by Crippen LogP contribution is 2.22. The number of hydrogen-bond donors (Lipinski definition) is 2. The van der Waals surface area contributed by atoms with E-state index < -0.39 is 18.1 Å². The van der Waals surface area contributed by atoms with Crippen LogP contribution in [0.5, 0.6) is 0 Å². The van der Waals surface area contributed by atoms with Crippen LogP contribution >= 0.6 is 0 Å². The molecule has 0 radical (unpaired) electrons. The molecule has 0 atom stereocenters. The van der Waals surface area contributed by atoms with Crippen molar-refractivity contribution in [1.29, 1.82) is 0 Å². The smallest absolute Gasteiger partial charge is 0.264 e. The minimum absolute atomic E-state index is 0.143. The van der Waals surface area contributed by atoms with Gasteiger partial charge in [0.2, 0.25) is 5.91 Å². The van der Waals surface area contributed by atoms with Crippen LogP contribution < -0.4 is 10.9 Å². The predicted molar refractivity (Wildman–Crippen MR) is 110 cm³/mol. The van der Waals surface area contributed by atoms with Gasteiger partial charge in [-0.05, 0) is 43.9 Å². The van der Waals surface area contributed by atoms with Crippen molar-refractivity contribution >= 4 is 11.8 Å². The van der Waals surface area contributed by atoms with Crippen molar-refractivity contribution in [1.82, 2.24) is 14.8 Å². The zero-order valence-corrected chi connectivity index (χ0v) is 17.1. The summed E-state index contributed by atoms with van der Waals surface area (Å²) in [6.07, 6.45) is 2.13. The van der Waals surface area contributed by atoms with Gasteiger partial charge in [0.25, 0.3) is 11.5 Å². The first-order chi connectivity index (χ1) is 13.7. The molecule has 0 unspecified atom stereocenters. The molecule has 0 fully saturated rings. The van der Waals surface area contributed by atoms with Gasteiger partial charge < -0.3 is 19.9 Å². The fourth-order valence-corrected chi connectivity index (χ4v) is 3.56. The number of aliphatic hydroxyl groups is 1. The number of nitrogens with zero attached hydrogens (tertiary/aromatic N) is 2. The van der Waals surface area contributed by atoms with Crippen LogP contribution in [-0.4, -0.2) is 45.1 Å². The number of rotatable bonds is 4. The lowest BCUT2D eigenvalue weighted by Crippen LogP contribution is -2.46. The molecule has 154 valence electrons. The number of nitrogens with one attached hydrogen (secondary N) is 1. The molecule has 1 aromatic carbocycles. The number of fused-ring (bicyclic) bond motifs is 1. The second-order valence-electron chi connectivity index (χ2n) is 8.35. The summed E-state index contributed by atoms with van der Waals surface area (Å²) < 4.78 is 1.53. The van der Waals surface area contributed by atoms with Gasteiger partial charge in [0.15, 0.2) is 0 Å². The van der Waals surface area contributed by atoms with Gasteiger partial charge >= 0.3 is 0 Å². The van der Waals surface area contributed by atoms with E-state index in [0.717, 1.165) is 11.1 Å². The average molecular weight is 397 g/mol. The van der Waals surface area contributed by atoms with Gasteiger partial charge in [-0.3, -0.25) is 14.4 Å². The van der Waals surface area contributed by atoms with Crippen LogP contribution in [-0.2, 0) is 24.3 Å². The maximum Gasteiger partial charge on any atom is 0.264 e. The van der Waals surface area contributed by atoms with Crippen molar-refractivity contribution in [3.05, 3.63) is 69.1 Å². The molecule has 1 aliphatic rings. The molecule has 2 heterocycles. The largest absolute Gasteiger partial charge is 0.387 e. The topological polar surface area (TPSA) is 91.6 Å². The number of pyridine rings is 1. The third-order valence-corrected chi connectivity index (χ3v) is 4.87. The average Bonchev–Trinajstić information content (AvgIpc) is 2.67. The van der Waals surface area contributed by atoms with Crippen molar-refractivity contribution in [3.63, 3.8) is 0 Å². The molecule has 2 aromatic rings. The Labute approximate surface area is 170 Å². The molecule has 7 heteroatoms. The molecule has 0 saturated carbocycles. The molecule has 2 amide bonds. The Kier molecular flexibility index (Phi) is 5.88. The molecule has 0 saturated heterocycles. The van der Waals surface area contributed by atoms with E-state index in [0.29, 0.717) is 25.1 Å². The molecule has 0 bridgehead atoms. The predicted octanol–water partition coefficient (Wildman–Crippen LogP) is 1.30. The molecule has 0 spiro atoms. The zero-order chi connectivity index (χ0) is 21.2. The van der Waals surface area contributed by atoms with E-state index in [9.17, 15) is 19.5 Å². The second kappa shape index (κ2) is 8.21. The van der Waals surface area contributed by atoms with Crippen LogP contribution in [0.25, 0.3) is 0 Å². The number of amides is 2. The van der Waals surface area contributed by atoms with E-state index in [4.69, 9.17) is 0 Å². The normalized spacial score (nSPS) is 13.7. The van der Waals surface area contributed by atoms with Gasteiger partial charge in [0, 0.05) is 24.8 Å². The van der Waals surface area contributed by atoms with Crippen molar-refractivity contribution in [2.24, 2.45) is 0 Å².